The van der Waals surface area contributed by atoms with Crippen LogP contribution in [0.3, 0.4) is 0 Å². The highest BCUT2D eigenvalue weighted by molar-refractivity contribution is 6.05. The number of aromatic nitrogens is 4. The van der Waals surface area contributed by atoms with Crippen LogP contribution in [-0.2, 0) is 22.7 Å². The molecule has 3 N–H and O–H groups in total. The lowest BCUT2D eigenvalue weighted by molar-refractivity contribution is -0.136. The largest absolute Gasteiger partial charge is 0.504 e. The first-order valence-corrected chi connectivity index (χ1v) is 19.4. The Morgan fingerprint density at radius 3 is 2.68 bits per heavy atom. The molecule has 0 spiro atoms. The molecule has 2 aromatic heterocycles. The van der Waals surface area contributed by atoms with Gasteiger partial charge in [-0.15, -0.1) is 10.2 Å². The number of carbonyl (C=O) groups is 3. The number of imide groups is 1. The number of anilines is 2. The van der Waals surface area contributed by atoms with Gasteiger partial charge in [-0.25, -0.2) is 14.4 Å². The average molecular weight is 762 g/mol. The molecule has 14 nitrogen and oxygen atoms in total. The van der Waals surface area contributed by atoms with Crippen LogP contribution >= 0.6 is 0 Å². The summed E-state index contributed by atoms with van der Waals surface area (Å²) in [5.41, 5.74) is 5.91. The van der Waals surface area contributed by atoms with E-state index in [1.165, 1.54) is 6.07 Å². The van der Waals surface area contributed by atoms with E-state index >= 15 is 0 Å². The van der Waals surface area contributed by atoms with Crippen molar-refractivity contribution in [3.05, 3.63) is 82.4 Å². The van der Waals surface area contributed by atoms with Crippen molar-refractivity contribution < 1.29 is 28.6 Å². The topological polar surface area (TPSA) is 166 Å². The summed E-state index contributed by atoms with van der Waals surface area (Å²) in [4.78, 5) is 53.2. The van der Waals surface area contributed by atoms with Crippen molar-refractivity contribution in [3.63, 3.8) is 0 Å². The maximum absolute atomic E-state index is 14.2. The molecule has 2 aromatic carbocycles. The minimum absolute atomic E-state index is 0.138. The van der Waals surface area contributed by atoms with Gasteiger partial charge in [-0.1, -0.05) is 25.1 Å². The molecule has 0 bridgehead atoms. The van der Waals surface area contributed by atoms with Crippen molar-refractivity contribution in [1.82, 2.24) is 35.3 Å². The molecule has 0 unspecified atom stereocenters. The molecule has 3 fully saturated rings. The third kappa shape index (κ3) is 6.36. The van der Waals surface area contributed by atoms with Gasteiger partial charge in [0, 0.05) is 61.1 Å². The van der Waals surface area contributed by atoms with E-state index < -0.39 is 23.5 Å². The summed E-state index contributed by atoms with van der Waals surface area (Å²) in [6, 6.07) is 12.1. The number of piperidine rings is 2. The van der Waals surface area contributed by atoms with Crippen molar-refractivity contribution in [1.29, 1.82) is 0 Å². The zero-order valence-electron chi connectivity index (χ0n) is 31.4. The molecule has 9 rings (SSSR count). The van der Waals surface area contributed by atoms with Gasteiger partial charge < -0.3 is 25.0 Å². The van der Waals surface area contributed by atoms with E-state index in [4.69, 9.17) is 9.72 Å². The van der Waals surface area contributed by atoms with Crippen LogP contribution in [0.1, 0.15) is 84.1 Å². The molecule has 5 aliphatic heterocycles. The normalized spacial score (nSPS) is 23.7. The van der Waals surface area contributed by atoms with Crippen LogP contribution in [0, 0.1) is 12.7 Å². The minimum Gasteiger partial charge on any atom is -0.504 e. The van der Waals surface area contributed by atoms with Gasteiger partial charge in [-0.2, -0.15) is 0 Å². The summed E-state index contributed by atoms with van der Waals surface area (Å²) in [5, 5.41) is 24.8. The first-order valence-electron chi connectivity index (χ1n) is 19.4. The Kier molecular flexibility index (Phi) is 9.06. The molecule has 15 heteroatoms. The number of halogens is 1. The first kappa shape index (κ1) is 36.0. The predicted octanol–water partition coefficient (Wildman–Crippen LogP) is 4.46. The van der Waals surface area contributed by atoms with Crippen molar-refractivity contribution in [3.8, 4) is 23.0 Å². The fourth-order valence-electron chi connectivity index (χ4n) is 9.20. The molecule has 3 amide bonds. The zero-order chi connectivity index (χ0) is 38.7. The number of aromatic hydroxyl groups is 1. The van der Waals surface area contributed by atoms with Gasteiger partial charge >= 0.3 is 6.01 Å². The number of aryl methyl sites for hydroxylation is 1. The molecular weight excluding hydrogens is 718 g/mol. The molecule has 0 saturated carbocycles. The summed E-state index contributed by atoms with van der Waals surface area (Å²) in [6.45, 7) is 8.30. The van der Waals surface area contributed by atoms with Gasteiger partial charge in [-0.05, 0) is 87.0 Å². The predicted molar refractivity (Wildman–Crippen MR) is 203 cm³/mol. The highest BCUT2D eigenvalue weighted by Gasteiger charge is 2.49. The lowest BCUT2D eigenvalue weighted by Gasteiger charge is -2.43. The highest BCUT2D eigenvalue weighted by Crippen LogP contribution is 2.45. The lowest BCUT2D eigenvalue weighted by atomic mass is 9.87. The van der Waals surface area contributed by atoms with Gasteiger partial charge in [0.2, 0.25) is 11.8 Å². The third-order valence-corrected chi connectivity index (χ3v) is 12.5. The maximum atomic E-state index is 14.2. The van der Waals surface area contributed by atoms with Crippen molar-refractivity contribution in [2.45, 2.75) is 89.1 Å². The van der Waals surface area contributed by atoms with Crippen LogP contribution in [-0.4, -0.2) is 96.7 Å². The van der Waals surface area contributed by atoms with E-state index in [0.29, 0.717) is 55.1 Å². The van der Waals surface area contributed by atoms with Crippen molar-refractivity contribution in [2.24, 2.45) is 0 Å². The van der Waals surface area contributed by atoms with Crippen molar-refractivity contribution >= 4 is 29.2 Å². The van der Waals surface area contributed by atoms with E-state index in [-0.39, 0.29) is 35.4 Å². The molecule has 0 radical (unpaired) electrons. The molecule has 56 heavy (non-hydrogen) atoms. The van der Waals surface area contributed by atoms with Crippen LogP contribution in [0.2, 0.25) is 0 Å². The number of ether oxygens (including phenoxy) is 1. The fraction of sp³-hybridized carbons (Fsp3) is 0.439. The molecule has 3 atom stereocenters. The highest BCUT2D eigenvalue weighted by atomic mass is 19.1. The van der Waals surface area contributed by atoms with Gasteiger partial charge in [-0.3, -0.25) is 24.6 Å². The summed E-state index contributed by atoms with van der Waals surface area (Å²) in [7, 11) is 0. The number of carbonyl (C=O) groups excluding carboxylic acids is 3. The Labute approximate surface area is 323 Å². The number of benzene rings is 2. The molecule has 7 heterocycles. The third-order valence-electron chi connectivity index (χ3n) is 12.5. The van der Waals surface area contributed by atoms with Crippen LogP contribution in [0.25, 0.3) is 11.3 Å². The van der Waals surface area contributed by atoms with E-state index in [1.54, 1.807) is 17.0 Å². The summed E-state index contributed by atoms with van der Waals surface area (Å²) in [6.07, 6.45) is 5.79. The fourth-order valence-corrected chi connectivity index (χ4v) is 9.20. The number of rotatable bonds is 8. The minimum atomic E-state index is -0.710. The maximum Gasteiger partial charge on any atom is 0.316 e. The van der Waals surface area contributed by atoms with Gasteiger partial charge in [0.1, 0.15) is 12.1 Å². The number of amides is 3. The SMILES string of the molecule is CC[C@@]12CNc3nnc(-c4cccc(F)c4O)cc3N1C[C@H](Oc1ncc(CN3CCC(c4ccc5c(c4)C(=O)N([C@H]4CCC(=O)NC4=O)C5)CC3)c(C)n1)C2. The molecule has 3 saturated heterocycles. The molecule has 4 aromatic rings. The van der Waals surface area contributed by atoms with Gasteiger partial charge in [0.05, 0.1) is 23.5 Å². The number of fused-ring (bicyclic) bond motifs is 4. The van der Waals surface area contributed by atoms with E-state index in [0.717, 1.165) is 73.4 Å². The number of phenolic OH excluding ortho intramolecular Hbond substituents is 1. The number of para-hydroxylation sites is 1. The molecule has 290 valence electrons. The Morgan fingerprint density at radius 2 is 1.89 bits per heavy atom. The van der Waals surface area contributed by atoms with Gasteiger partial charge in [0.25, 0.3) is 5.91 Å². The number of nitrogens with one attached hydrogen (secondary N) is 2. The molecular formula is C41H44FN9O5. The van der Waals surface area contributed by atoms with E-state index in [2.05, 4.69) is 48.6 Å². The van der Waals surface area contributed by atoms with Crippen LogP contribution in [0.4, 0.5) is 15.9 Å². The summed E-state index contributed by atoms with van der Waals surface area (Å²) >= 11 is 0. The average Bonchev–Trinajstić information content (AvgIpc) is 3.74. The Balaban J connectivity index is 0.818. The second-order valence-corrected chi connectivity index (χ2v) is 15.7. The zero-order valence-corrected chi connectivity index (χ0v) is 31.4. The first-order chi connectivity index (χ1) is 27.1. The quantitative estimate of drug-likeness (QED) is 0.216. The van der Waals surface area contributed by atoms with E-state index in [9.17, 15) is 23.9 Å². The van der Waals surface area contributed by atoms with Gasteiger partial charge in [0.15, 0.2) is 17.4 Å². The second-order valence-electron chi connectivity index (χ2n) is 15.7. The number of hydrogen-bond acceptors (Lipinski definition) is 12. The van der Waals surface area contributed by atoms with E-state index in [1.807, 2.05) is 31.3 Å². The number of nitrogens with zero attached hydrogens (tertiary/aromatic N) is 7. The van der Waals surface area contributed by atoms with Crippen LogP contribution in [0.5, 0.6) is 11.8 Å². The van der Waals surface area contributed by atoms with Crippen molar-refractivity contribution in [2.75, 3.05) is 36.4 Å². The summed E-state index contributed by atoms with van der Waals surface area (Å²) in [5.74, 6) is -1.02. The van der Waals surface area contributed by atoms with Crippen LogP contribution in [0.15, 0.2) is 48.7 Å². The number of likely N-dealkylation sites (tertiary alicyclic amines) is 1. The number of hydrogen-bond donors (Lipinski definition) is 3. The number of phenols is 1. The summed E-state index contributed by atoms with van der Waals surface area (Å²) < 4.78 is 20.6. The Morgan fingerprint density at radius 1 is 1.05 bits per heavy atom. The van der Waals surface area contributed by atoms with Crippen LogP contribution < -0.4 is 20.3 Å². The monoisotopic (exact) mass is 761 g/mol. The Hall–Kier alpha value is -5.70. The standard InChI is InChI=1S/C41H44FN9O5/c1-3-41-17-28(21-51(41)34-16-32(47-48-37(34)44-22-41)29-5-4-6-31(42)36(29)53)56-40-43-18-27(23(2)45-40)19-49-13-11-24(12-14-49)25-7-8-26-20-50(39(55)30(26)15-25)33-9-10-35(52)46-38(33)54/h4-8,15-16,18,24,28,33,53H,3,9-14,17,19-22H2,1-2H3,(H,44,48)(H,46,52,54)/t28-,33+,41-/m1/s1. The molecule has 0 aliphatic carbocycles. The smallest absolute Gasteiger partial charge is 0.316 e. The second kappa shape index (κ2) is 14.1. The molecule has 5 aliphatic rings. The lowest BCUT2D eigenvalue weighted by Crippen LogP contribution is -2.52. The Bertz CT molecular complexity index is 2250.